The minimum atomic E-state index is -4.88. The van der Waals surface area contributed by atoms with Crippen molar-refractivity contribution in [2.45, 2.75) is 12.6 Å². The molecule has 0 atom stereocenters. The van der Waals surface area contributed by atoms with Crippen molar-refractivity contribution in [1.29, 1.82) is 0 Å². The van der Waals surface area contributed by atoms with E-state index in [-0.39, 0.29) is 12.4 Å². The maximum atomic E-state index is 12.9. The predicted octanol–water partition coefficient (Wildman–Crippen LogP) is 3.26. The Bertz CT molecular complexity index is 768. The van der Waals surface area contributed by atoms with E-state index >= 15 is 0 Å². The van der Waals surface area contributed by atoms with Crippen LogP contribution in [0.5, 0.6) is 11.6 Å². The molecule has 0 saturated heterocycles. The fourth-order valence-electron chi connectivity index (χ4n) is 2.17. The molecule has 10 heteroatoms. The number of hydrogen-bond acceptors (Lipinski definition) is 5. The monoisotopic (exact) mass is 386 g/mol. The third-order valence-corrected chi connectivity index (χ3v) is 3.60. The van der Waals surface area contributed by atoms with Crippen LogP contribution in [0.15, 0.2) is 36.7 Å². The van der Waals surface area contributed by atoms with Crippen molar-refractivity contribution in [1.82, 2.24) is 14.9 Å². The summed E-state index contributed by atoms with van der Waals surface area (Å²) in [6.07, 6.45) is -1.71. The van der Waals surface area contributed by atoms with E-state index in [0.29, 0.717) is 29.4 Å². The van der Waals surface area contributed by atoms with Crippen LogP contribution < -0.4 is 9.64 Å². The normalized spacial score (nSPS) is 11.2. The van der Waals surface area contributed by atoms with Crippen molar-refractivity contribution in [3.8, 4) is 11.6 Å². The van der Waals surface area contributed by atoms with E-state index in [1.165, 1.54) is 36.7 Å². The predicted molar refractivity (Wildman–Crippen MR) is 90.1 cm³/mol. The lowest BCUT2D eigenvalue weighted by atomic mass is 10.3. The highest BCUT2D eigenvalue weighted by atomic mass is 19.4. The van der Waals surface area contributed by atoms with Gasteiger partial charge in [0.25, 0.3) is 0 Å². The second-order valence-electron chi connectivity index (χ2n) is 5.77. The second-order valence-corrected chi connectivity index (χ2v) is 5.77. The Morgan fingerprint density at radius 1 is 1.11 bits per heavy atom. The summed E-state index contributed by atoms with van der Waals surface area (Å²) in [7, 11) is 2.80. The van der Waals surface area contributed by atoms with Crippen molar-refractivity contribution in [3.05, 3.63) is 42.5 Å². The van der Waals surface area contributed by atoms with Gasteiger partial charge in [-0.05, 0) is 30.7 Å². The van der Waals surface area contributed by atoms with E-state index < -0.39 is 17.9 Å². The van der Waals surface area contributed by atoms with Crippen LogP contribution in [0.4, 0.5) is 23.4 Å². The Labute approximate surface area is 153 Å². The maximum absolute atomic E-state index is 12.9. The van der Waals surface area contributed by atoms with Crippen LogP contribution in [-0.4, -0.2) is 54.1 Å². The number of alkyl halides is 3. The van der Waals surface area contributed by atoms with Gasteiger partial charge in [-0.2, -0.15) is 18.2 Å². The Balaban J connectivity index is 1.90. The van der Waals surface area contributed by atoms with Crippen molar-refractivity contribution >= 4 is 11.7 Å². The van der Waals surface area contributed by atoms with Crippen molar-refractivity contribution < 1.29 is 27.1 Å². The van der Waals surface area contributed by atoms with Gasteiger partial charge in [0.15, 0.2) is 5.82 Å². The summed E-state index contributed by atoms with van der Waals surface area (Å²) in [4.78, 5) is 21.6. The number of benzene rings is 1. The molecule has 0 unspecified atom stereocenters. The first kappa shape index (κ1) is 20.4. The van der Waals surface area contributed by atoms with Gasteiger partial charge in [-0.15, -0.1) is 0 Å². The van der Waals surface area contributed by atoms with E-state index in [1.807, 2.05) is 0 Å². The van der Waals surface area contributed by atoms with E-state index in [2.05, 4.69) is 9.97 Å². The Hall–Kier alpha value is -2.91. The van der Waals surface area contributed by atoms with Gasteiger partial charge in [0, 0.05) is 27.2 Å². The first-order valence-electron chi connectivity index (χ1n) is 7.95. The summed E-state index contributed by atoms with van der Waals surface area (Å²) < 4.78 is 55.4. The van der Waals surface area contributed by atoms with Gasteiger partial charge in [0.05, 0.1) is 12.4 Å². The number of amides is 1. The van der Waals surface area contributed by atoms with Crippen molar-refractivity contribution in [2.75, 3.05) is 32.1 Å². The molecule has 0 aliphatic rings. The molecule has 6 nitrogen and oxygen atoms in total. The number of ether oxygens (including phenoxy) is 1. The highest BCUT2D eigenvalue weighted by Gasteiger charge is 2.40. The lowest BCUT2D eigenvalue weighted by molar-refractivity contribution is -0.184. The molecule has 0 bridgehead atoms. The zero-order chi connectivity index (χ0) is 20.0. The van der Waals surface area contributed by atoms with Gasteiger partial charge in [0.1, 0.15) is 11.6 Å². The fraction of sp³-hybridized carbons (Fsp3) is 0.353. The number of hydrogen-bond donors (Lipinski definition) is 0. The molecule has 0 spiro atoms. The van der Waals surface area contributed by atoms with Gasteiger partial charge in [-0.3, -0.25) is 9.78 Å². The minimum Gasteiger partial charge on any atom is -0.437 e. The van der Waals surface area contributed by atoms with Crippen LogP contribution in [0.2, 0.25) is 0 Å². The molecular formula is C17H18F4N4O2. The average Bonchev–Trinajstić information content (AvgIpc) is 2.62. The Kier molecular flexibility index (Phi) is 6.54. The zero-order valence-electron chi connectivity index (χ0n) is 14.7. The second kappa shape index (κ2) is 8.65. The molecule has 0 radical (unpaired) electrons. The Morgan fingerprint density at radius 3 is 2.41 bits per heavy atom. The molecule has 1 heterocycles. The third kappa shape index (κ3) is 6.08. The van der Waals surface area contributed by atoms with Gasteiger partial charge in [-0.1, -0.05) is 0 Å². The number of nitrogens with zero attached hydrogens (tertiary/aromatic N) is 4. The van der Waals surface area contributed by atoms with Crippen LogP contribution in [0.3, 0.4) is 0 Å². The molecule has 1 aromatic carbocycles. The lowest BCUT2D eigenvalue weighted by Crippen LogP contribution is -2.39. The summed E-state index contributed by atoms with van der Waals surface area (Å²) in [5.41, 5.74) is 0. The fourth-order valence-corrected chi connectivity index (χ4v) is 2.17. The molecule has 27 heavy (non-hydrogen) atoms. The number of rotatable bonds is 7. The molecule has 2 rings (SSSR count). The highest BCUT2D eigenvalue weighted by molar-refractivity contribution is 5.81. The van der Waals surface area contributed by atoms with E-state index in [0.717, 1.165) is 7.05 Å². The lowest BCUT2D eigenvalue weighted by Gasteiger charge is -2.22. The molecule has 1 aromatic heterocycles. The number of carbonyl (C=O) groups is 1. The molecule has 0 fully saturated rings. The molecular weight excluding hydrogens is 368 g/mol. The summed E-state index contributed by atoms with van der Waals surface area (Å²) in [5, 5.41) is 0. The van der Waals surface area contributed by atoms with Crippen molar-refractivity contribution in [3.63, 3.8) is 0 Å². The summed E-state index contributed by atoms with van der Waals surface area (Å²) in [6, 6.07) is 5.39. The van der Waals surface area contributed by atoms with E-state index in [4.69, 9.17) is 4.74 Å². The first-order chi connectivity index (χ1) is 12.7. The SMILES string of the molecule is CN(CCCN(C)c1cncc(Oc2ccc(F)cc2)n1)C(=O)C(F)(F)F. The smallest absolute Gasteiger partial charge is 0.437 e. The summed E-state index contributed by atoms with van der Waals surface area (Å²) in [6.45, 7) is 0.298. The number of carbonyl (C=O) groups excluding carboxylic acids is 1. The summed E-state index contributed by atoms with van der Waals surface area (Å²) >= 11 is 0. The van der Waals surface area contributed by atoms with E-state index in [1.54, 1.807) is 11.9 Å². The molecule has 0 saturated carbocycles. The number of aromatic nitrogens is 2. The largest absolute Gasteiger partial charge is 0.471 e. The summed E-state index contributed by atoms with van der Waals surface area (Å²) in [5.74, 6) is -1.25. The molecule has 2 aromatic rings. The standard InChI is InChI=1S/C17H18F4N4O2/c1-24(8-3-9-25(2)16(26)17(19,20)21)14-10-22-11-15(23-14)27-13-6-4-12(18)5-7-13/h4-7,10-11H,3,8-9H2,1-2H3. The van der Waals surface area contributed by atoms with Gasteiger partial charge in [-0.25, -0.2) is 4.39 Å². The van der Waals surface area contributed by atoms with Gasteiger partial charge in [0.2, 0.25) is 5.88 Å². The molecule has 0 aliphatic heterocycles. The van der Waals surface area contributed by atoms with Crippen LogP contribution in [0.1, 0.15) is 6.42 Å². The van der Waals surface area contributed by atoms with E-state index in [9.17, 15) is 22.4 Å². The van der Waals surface area contributed by atoms with Crippen LogP contribution in [0.25, 0.3) is 0 Å². The van der Waals surface area contributed by atoms with Gasteiger partial charge >= 0.3 is 12.1 Å². The average molecular weight is 386 g/mol. The molecule has 0 aliphatic carbocycles. The molecule has 0 N–H and O–H groups in total. The first-order valence-corrected chi connectivity index (χ1v) is 7.95. The molecule has 1 amide bonds. The van der Waals surface area contributed by atoms with Crippen LogP contribution >= 0.6 is 0 Å². The third-order valence-electron chi connectivity index (χ3n) is 3.60. The maximum Gasteiger partial charge on any atom is 0.471 e. The number of halogens is 4. The van der Waals surface area contributed by atoms with Crippen LogP contribution in [0, 0.1) is 5.82 Å². The minimum absolute atomic E-state index is 0.0537. The van der Waals surface area contributed by atoms with Crippen LogP contribution in [-0.2, 0) is 4.79 Å². The topological polar surface area (TPSA) is 58.6 Å². The quantitative estimate of drug-likeness (QED) is 0.684. The number of anilines is 1. The van der Waals surface area contributed by atoms with Crippen molar-refractivity contribution in [2.24, 2.45) is 0 Å². The molecule has 146 valence electrons. The van der Waals surface area contributed by atoms with Gasteiger partial charge < -0.3 is 14.5 Å². The Morgan fingerprint density at radius 2 is 1.78 bits per heavy atom. The zero-order valence-corrected chi connectivity index (χ0v) is 14.7. The highest BCUT2D eigenvalue weighted by Crippen LogP contribution is 2.21.